The molecule has 0 atom stereocenters. The summed E-state index contributed by atoms with van der Waals surface area (Å²) in [4.78, 5) is 3.99. The molecule has 0 bridgehead atoms. The molecular formula is C5H7N5S. The van der Waals surface area contributed by atoms with Crippen LogP contribution in [0.5, 0.6) is 0 Å². The van der Waals surface area contributed by atoms with Crippen molar-refractivity contribution in [3.63, 3.8) is 0 Å². The van der Waals surface area contributed by atoms with Crippen LogP contribution in [-0.4, -0.2) is 10.2 Å². The third kappa shape index (κ3) is 1.48. The van der Waals surface area contributed by atoms with Gasteiger partial charge >= 0.3 is 0 Å². The lowest BCUT2D eigenvalue weighted by Crippen LogP contribution is -2.37. The van der Waals surface area contributed by atoms with Gasteiger partial charge in [0, 0.05) is 0 Å². The van der Waals surface area contributed by atoms with Gasteiger partial charge in [-0.05, 0) is 18.0 Å². The molecule has 0 unspecified atom stereocenters. The van der Waals surface area contributed by atoms with E-state index in [1.165, 1.54) is 11.9 Å². The molecule has 0 amide bonds. The summed E-state index contributed by atoms with van der Waals surface area (Å²) in [6.45, 7) is 0.684. The van der Waals surface area contributed by atoms with Gasteiger partial charge < -0.3 is 0 Å². The molecule has 1 aromatic heterocycles. The molecular weight excluding hydrogens is 162 g/mol. The predicted molar refractivity (Wildman–Crippen MR) is 41.0 cm³/mol. The molecule has 0 fully saturated rings. The van der Waals surface area contributed by atoms with Crippen LogP contribution in [0.3, 0.4) is 0 Å². The van der Waals surface area contributed by atoms with E-state index in [0.717, 1.165) is 10.6 Å². The molecule has 0 spiro atoms. The Morgan fingerprint density at radius 3 is 3.55 bits per heavy atom. The lowest BCUT2D eigenvalue weighted by Gasteiger charge is -1.97. The summed E-state index contributed by atoms with van der Waals surface area (Å²) in [5, 5.41) is 7.75. The standard InChI is InChI=1S/C5H7N5S/c1-2-6-8-4-3-7-9-10-11-5(1)4/h1-2,7,9-10H,3H2. The quantitative estimate of drug-likeness (QED) is 0.459. The number of hydrazine groups is 2. The number of aromatic nitrogens is 2. The van der Waals surface area contributed by atoms with Gasteiger partial charge in [0.2, 0.25) is 0 Å². The van der Waals surface area contributed by atoms with Gasteiger partial charge in [0.15, 0.2) is 0 Å². The monoisotopic (exact) mass is 169 g/mol. The zero-order valence-electron chi connectivity index (χ0n) is 5.66. The highest BCUT2D eigenvalue weighted by atomic mass is 32.2. The lowest BCUT2D eigenvalue weighted by molar-refractivity contribution is 0.518. The maximum absolute atomic E-state index is 3.97. The van der Waals surface area contributed by atoms with E-state index < -0.39 is 0 Å². The second-order valence-electron chi connectivity index (χ2n) is 2.02. The lowest BCUT2D eigenvalue weighted by atomic mass is 10.4. The first-order chi connectivity index (χ1) is 5.47. The topological polar surface area (TPSA) is 61.9 Å². The van der Waals surface area contributed by atoms with Crippen LogP contribution in [0.25, 0.3) is 0 Å². The van der Waals surface area contributed by atoms with Crippen LogP contribution in [0.1, 0.15) is 5.69 Å². The van der Waals surface area contributed by atoms with Crippen molar-refractivity contribution >= 4 is 11.9 Å². The molecule has 1 aliphatic heterocycles. The smallest absolute Gasteiger partial charge is 0.0932 e. The van der Waals surface area contributed by atoms with Crippen LogP contribution in [0.2, 0.25) is 0 Å². The Balaban J connectivity index is 2.33. The summed E-state index contributed by atoms with van der Waals surface area (Å²) in [6, 6.07) is 1.93. The first-order valence-electron chi connectivity index (χ1n) is 3.17. The average molecular weight is 169 g/mol. The van der Waals surface area contributed by atoms with Crippen LogP contribution >= 0.6 is 11.9 Å². The molecule has 2 heterocycles. The van der Waals surface area contributed by atoms with Crippen molar-refractivity contribution in [2.24, 2.45) is 0 Å². The average Bonchev–Trinajstić information content (AvgIpc) is 2.28. The number of hydrogen-bond acceptors (Lipinski definition) is 6. The van der Waals surface area contributed by atoms with Crippen molar-refractivity contribution < 1.29 is 0 Å². The van der Waals surface area contributed by atoms with Gasteiger partial charge in [-0.2, -0.15) is 20.6 Å². The van der Waals surface area contributed by atoms with Gasteiger partial charge in [0.1, 0.15) is 0 Å². The van der Waals surface area contributed by atoms with Gasteiger partial charge in [0.05, 0.1) is 23.3 Å². The maximum Gasteiger partial charge on any atom is 0.0932 e. The van der Waals surface area contributed by atoms with Gasteiger partial charge in [-0.15, -0.1) is 0 Å². The Morgan fingerprint density at radius 1 is 1.55 bits per heavy atom. The molecule has 5 nitrogen and oxygen atoms in total. The molecule has 2 rings (SSSR count). The van der Waals surface area contributed by atoms with Crippen molar-refractivity contribution in [2.45, 2.75) is 11.4 Å². The number of hydrogen-bond donors (Lipinski definition) is 3. The van der Waals surface area contributed by atoms with Crippen LogP contribution < -0.4 is 15.8 Å². The molecule has 0 saturated heterocycles. The highest BCUT2D eigenvalue weighted by Crippen LogP contribution is 2.16. The van der Waals surface area contributed by atoms with E-state index in [4.69, 9.17) is 0 Å². The molecule has 1 aliphatic rings. The highest BCUT2D eigenvalue weighted by Gasteiger charge is 2.06. The predicted octanol–water partition coefficient (Wildman–Crippen LogP) is -0.404. The fraction of sp³-hybridized carbons (Fsp3) is 0.200. The van der Waals surface area contributed by atoms with E-state index >= 15 is 0 Å². The van der Waals surface area contributed by atoms with Gasteiger partial charge in [-0.25, -0.2) is 5.43 Å². The maximum atomic E-state index is 3.97. The van der Waals surface area contributed by atoms with E-state index in [9.17, 15) is 0 Å². The molecule has 11 heavy (non-hydrogen) atoms. The third-order valence-corrected chi connectivity index (χ3v) is 2.11. The fourth-order valence-corrected chi connectivity index (χ4v) is 1.40. The molecule has 0 aliphatic carbocycles. The summed E-state index contributed by atoms with van der Waals surface area (Å²) < 4.78 is 0. The second kappa shape index (κ2) is 3.14. The first-order valence-corrected chi connectivity index (χ1v) is 3.99. The van der Waals surface area contributed by atoms with Crippen LogP contribution in [0.15, 0.2) is 17.2 Å². The first kappa shape index (κ1) is 6.99. The van der Waals surface area contributed by atoms with Crippen LogP contribution in [-0.2, 0) is 6.54 Å². The largest absolute Gasteiger partial charge is 0.237 e. The van der Waals surface area contributed by atoms with Gasteiger partial charge in [0.25, 0.3) is 0 Å². The van der Waals surface area contributed by atoms with Crippen LogP contribution in [0.4, 0.5) is 0 Å². The molecule has 0 aromatic carbocycles. The minimum atomic E-state index is 0.684. The van der Waals surface area contributed by atoms with E-state index in [-0.39, 0.29) is 0 Å². The zero-order chi connectivity index (χ0) is 7.52. The summed E-state index contributed by atoms with van der Waals surface area (Å²) in [5.74, 6) is 0. The second-order valence-corrected chi connectivity index (χ2v) is 2.87. The van der Waals surface area contributed by atoms with Crippen molar-refractivity contribution in [1.29, 1.82) is 0 Å². The Hall–Kier alpha value is -0.690. The normalized spacial score (nSPS) is 17.1. The highest BCUT2D eigenvalue weighted by molar-refractivity contribution is 7.97. The summed E-state index contributed by atoms with van der Waals surface area (Å²) in [6.07, 6.45) is 1.68. The van der Waals surface area contributed by atoms with Crippen molar-refractivity contribution in [3.05, 3.63) is 18.0 Å². The Kier molecular flexibility index (Phi) is 1.99. The zero-order valence-corrected chi connectivity index (χ0v) is 6.48. The summed E-state index contributed by atoms with van der Waals surface area (Å²) in [5.41, 5.74) is 6.66. The number of fused-ring (bicyclic) bond motifs is 1. The molecule has 0 radical (unpaired) electrons. The number of nitrogens with one attached hydrogen (secondary N) is 3. The molecule has 58 valence electrons. The number of rotatable bonds is 0. The van der Waals surface area contributed by atoms with E-state index in [0.29, 0.717) is 6.54 Å². The van der Waals surface area contributed by atoms with E-state index in [1.807, 2.05) is 6.07 Å². The Bertz CT molecular complexity index is 227. The molecule has 1 aromatic rings. The van der Waals surface area contributed by atoms with Crippen molar-refractivity contribution in [2.75, 3.05) is 0 Å². The molecule has 3 N–H and O–H groups in total. The summed E-state index contributed by atoms with van der Waals surface area (Å²) in [7, 11) is 0. The fourth-order valence-electron chi connectivity index (χ4n) is 0.809. The minimum absolute atomic E-state index is 0.684. The summed E-state index contributed by atoms with van der Waals surface area (Å²) >= 11 is 1.48. The Morgan fingerprint density at radius 2 is 2.55 bits per heavy atom. The number of nitrogens with zero attached hydrogens (tertiary/aromatic N) is 2. The molecule has 6 heteroatoms. The minimum Gasteiger partial charge on any atom is -0.237 e. The third-order valence-electron chi connectivity index (χ3n) is 1.31. The Labute approximate surface area is 68.0 Å². The van der Waals surface area contributed by atoms with E-state index in [1.54, 1.807) is 6.20 Å². The van der Waals surface area contributed by atoms with Gasteiger partial charge in [-0.1, -0.05) is 0 Å². The molecule has 0 saturated carbocycles. The SMILES string of the molecule is c1cc2c(nn1)CNNNS2. The van der Waals surface area contributed by atoms with Crippen LogP contribution in [0, 0.1) is 0 Å². The van der Waals surface area contributed by atoms with Crippen molar-refractivity contribution in [1.82, 2.24) is 26.0 Å². The van der Waals surface area contributed by atoms with Crippen molar-refractivity contribution in [3.8, 4) is 0 Å². The van der Waals surface area contributed by atoms with E-state index in [2.05, 4.69) is 26.0 Å². The van der Waals surface area contributed by atoms with Gasteiger partial charge in [-0.3, -0.25) is 0 Å².